The molecule has 0 unspecified atom stereocenters. The Morgan fingerprint density at radius 1 is 1.32 bits per heavy atom. The summed E-state index contributed by atoms with van der Waals surface area (Å²) in [4.78, 5) is 15.4. The Morgan fingerprint density at radius 3 is 2.64 bits per heavy atom. The zero-order valence-electron chi connectivity index (χ0n) is 13.1. The van der Waals surface area contributed by atoms with Gasteiger partial charge in [-0.25, -0.2) is 8.78 Å². The third kappa shape index (κ3) is 4.74. The summed E-state index contributed by atoms with van der Waals surface area (Å²) >= 11 is 0. The minimum absolute atomic E-state index is 0.105. The van der Waals surface area contributed by atoms with Gasteiger partial charge in [-0.1, -0.05) is 0 Å². The first kappa shape index (κ1) is 16.8. The second-order valence-corrected chi connectivity index (χ2v) is 5.96. The summed E-state index contributed by atoms with van der Waals surface area (Å²) in [7, 11) is 3.51. The zero-order chi connectivity index (χ0) is 16.1. The standard InChI is InChI=1S/C16H23F2N3O/c1-20(2)16(22)11-21-7-5-14(6-8-21)19-10-12-9-13(17)3-4-15(12)18/h3-4,9,14,19H,5-8,10-11H2,1-2H3. The van der Waals surface area contributed by atoms with E-state index in [2.05, 4.69) is 10.2 Å². The molecule has 1 aromatic carbocycles. The highest BCUT2D eigenvalue weighted by Gasteiger charge is 2.21. The van der Waals surface area contributed by atoms with E-state index < -0.39 is 5.82 Å². The van der Waals surface area contributed by atoms with Crippen molar-refractivity contribution in [1.29, 1.82) is 0 Å². The minimum Gasteiger partial charge on any atom is -0.348 e. The fraction of sp³-hybridized carbons (Fsp3) is 0.562. The first-order valence-corrected chi connectivity index (χ1v) is 7.55. The molecule has 1 aliphatic heterocycles. The summed E-state index contributed by atoms with van der Waals surface area (Å²) in [6.45, 7) is 2.44. The molecule has 122 valence electrons. The number of benzene rings is 1. The maximum Gasteiger partial charge on any atom is 0.236 e. The van der Waals surface area contributed by atoms with Crippen LogP contribution >= 0.6 is 0 Å². The van der Waals surface area contributed by atoms with E-state index in [1.807, 2.05) is 0 Å². The van der Waals surface area contributed by atoms with Crippen LogP contribution in [-0.4, -0.2) is 55.5 Å². The number of hydrogen-bond donors (Lipinski definition) is 1. The van der Waals surface area contributed by atoms with Gasteiger partial charge in [-0.05, 0) is 31.0 Å². The number of carbonyl (C=O) groups is 1. The molecule has 1 heterocycles. The molecule has 0 aromatic heterocycles. The summed E-state index contributed by atoms with van der Waals surface area (Å²) in [6, 6.07) is 3.78. The molecule has 1 N–H and O–H groups in total. The average molecular weight is 311 g/mol. The van der Waals surface area contributed by atoms with Gasteiger partial charge >= 0.3 is 0 Å². The number of rotatable bonds is 5. The van der Waals surface area contributed by atoms with Crippen molar-refractivity contribution in [3.63, 3.8) is 0 Å². The van der Waals surface area contributed by atoms with Crippen LogP contribution in [0.4, 0.5) is 8.78 Å². The lowest BCUT2D eigenvalue weighted by Gasteiger charge is -2.32. The van der Waals surface area contributed by atoms with Crippen LogP contribution in [0.25, 0.3) is 0 Å². The molecule has 22 heavy (non-hydrogen) atoms. The summed E-state index contributed by atoms with van der Waals surface area (Å²) in [6.07, 6.45) is 1.80. The van der Waals surface area contributed by atoms with Crippen LogP contribution in [0.1, 0.15) is 18.4 Å². The topological polar surface area (TPSA) is 35.6 Å². The Balaban J connectivity index is 1.76. The lowest BCUT2D eigenvalue weighted by molar-refractivity contribution is -0.130. The molecule has 1 fully saturated rings. The Hall–Kier alpha value is -1.53. The van der Waals surface area contributed by atoms with E-state index in [4.69, 9.17) is 0 Å². The number of hydrogen-bond acceptors (Lipinski definition) is 3. The van der Waals surface area contributed by atoms with Gasteiger partial charge in [-0.2, -0.15) is 0 Å². The highest BCUT2D eigenvalue weighted by atomic mass is 19.1. The minimum atomic E-state index is -0.421. The number of carbonyl (C=O) groups excluding carboxylic acids is 1. The number of nitrogens with zero attached hydrogens (tertiary/aromatic N) is 2. The number of nitrogens with one attached hydrogen (secondary N) is 1. The fourth-order valence-corrected chi connectivity index (χ4v) is 2.56. The molecule has 0 saturated carbocycles. The van der Waals surface area contributed by atoms with Gasteiger partial charge in [-0.3, -0.25) is 9.69 Å². The third-order valence-electron chi connectivity index (χ3n) is 4.03. The predicted molar refractivity (Wildman–Crippen MR) is 81.4 cm³/mol. The van der Waals surface area contributed by atoms with Crippen LogP contribution in [0.15, 0.2) is 18.2 Å². The maximum absolute atomic E-state index is 13.5. The zero-order valence-corrected chi connectivity index (χ0v) is 13.1. The molecule has 4 nitrogen and oxygen atoms in total. The highest BCUT2D eigenvalue weighted by Crippen LogP contribution is 2.13. The smallest absolute Gasteiger partial charge is 0.236 e. The number of likely N-dealkylation sites (tertiary alicyclic amines) is 1. The maximum atomic E-state index is 13.5. The molecule has 0 spiro atoms. The van der Waals surface area contributed by atoms with Crippen molar-refractivity contribution < 1.29 is 13.6 Å². The summed E-state index contributed by atoms with van der Waals surface area (Å²) in [5, 5.41) is 3.27. The molecule has 1 amide bonds. The Labute approximate surface area is 130 Å². The van der Waals surface area contributed by atoms with E-state index in [1.54, 1.807) is 19.0 Å². The van der Waals surface area contributed by atoms with Gasteiger partial charge < -0.3 is 10.2 Å². The first-order chi connectivity index (χ1) is 10.5. The predicted octanol–water partition coefficient (Wildman–Crippen LogP) is 1.61. The van der Waals surface area contributed by atoms with Crippen molar-refractivity contribution in [1.82, 2.24) is 15.1 Å². The van der Waals surface area contributed by atoms with Crippen LogP contribution in [0.3, 0.4) is 0 Å². The van der Waals surface area contributed by atoms with Crippen molar-refractivity contribution in [2.75, 3.05) is 33.7 Å². The van der Waals surface area contributed by atoms with Gasteiger partial charge in [0.15, 0.2) is 0 Å². The summed E-state index contributed by atoms with van der Waals surface area (Å²) in [5.41, 5.74) is 0.352. The van der Waals surface area contributed by atoms with Crippen molar-refractivity contribution in [3.05, 3.63) is 35.4 Å². The van der Waals surface area contributed by atoms with Crippen LogP contribution < -0.4 is 5.32 Å². The van der Waals surface area contributed by atoms with E-state index in [0.29, 0.717) is 18.7 Å². The fourth-order valence-electron chi connectivity index (χ4n) is 2.56. The largest absolute Gasteiger partial charge is 0.348 e. The van der Waals surface area contributed by atoms with Crippen molar-refractivity contribution >= 4 is 5.91 Å². The van der Waals surface area contributed by atoms with E-state index in [1.165, 1.54) is 6.07 Å². The van der Waals surface area contributed by atoms with Gasteiger partial charge in [0.05, 0.1) is 6.54 Å². The molecule has 1 aliphatic rings. The van der Waals surface area contributed by atoms with E-state index >= 15 is 0 Å². The molecule has 0 bridgehead atoms. The Morgan fingerprint density at radius 2 is 2.00 bits per heavy atom. The third-order valence-corrected chi connectivity index (χ3v) is 4.03. The second kappa shape index (κ2) is 7.65. The molecular formula is C16H23F2N3O. The quantitative estimate of drug-likeness (QED) is 0.897. The SMILES string of the molecule is CN(C)C(=O)CN1CCC(NCc2cc(F)ccc2F)CC1. The van der Waals surface area contributed by atoms with E-state index in [-0.39, 0.29) is 17.8 Å². The Bertz CT molecular complexity index is 514. The number of amides is 1. The Kier molecular flexibility index (Phi) is 5.85. The lowest BCUT2D eigenvalue weighted by atomic mass is 10.0. The molecular weight excluding hydrogens is 288 g/mol. The van der Waals surface area contributed by atoms with Crippen molar-refractivity contribution in [3.8, 4) is 0 Å². The monoisotopic (exact) mass is 311 g/mol. The summed E-state index contributed by atoms with van der Waals surface area (Å²) in [5.74, 6) is -0.702. The molecule has 6 heteroatoms. The van der Waals surface area contributed by atoms with Gasteiger partial charge in [0.25, 0.3) is 0 Å². The van der Waals surface area contributed by atoms with Gasteiger partial charge in [0.1, 0.15) is 11.6 Å². The van der Waals surface area contributed by atoms with Gasteiger partial charge in [-0.15, -0.1) is 0 Å². The number of halogens is 2. The highest BCUT2D eigenvalue weighted by molar-refractivity contribution is 5.77. The molecule has 0 aliphatic carbocycles. The number of piperidine rings is 1. The molecule has 0 radical (unpaired) electrons. The molecule has 1 aromatic rings. The average Bonchev–Trinajstić information content (AvgIpc) is 2.49. The van der Waals surface area contributed by atoms with Crippen molar-refractivity contribution in [2.24, 2.45) is 0 Å². The van der Waals surface area contributed by atoms with Crippen LogP contribution in [0, 0.1) is 11.6 Å². The second-order valence-electron chi connectivity index (χ2n) is 5.96. The molecule has 1 saturated heterocycles. The van der Waals surface area contributed by atoms with Crippen LogP contribution in [0.2, 0.25) is 0 Å². The van der Waals surface area contributed by atoms with Crippen molar-refractivity contribution in [2.45, 2.75) is 25.4 Å². The normalized spacial score (nSPS) is 16.7. The van der Waals surface area contributed by atoms with E-state index in [9.17, 15) is 13.6 Å². The van der Waals surface area contributed by atoms with E-state index in [0.717, 1.165) is 38.1 Å². The van der Waals surface area contributed by atoms with Crippen LogP contribution in [-0.2, 0) is 11.3 Å². The molecule has 2 rings (SSSR count). The van der Waals surface area contributed by atoms with Crippen LogP contribution in [0.5, 0.6) is 0 Å². The first-order valence-electron chi connectivity index (χ1n) is 7.55. The van der Waals surface area contributed by atoms with Gasteiger partial charge in [0, 0.05) is 45.3 Å². The lowest BCUT2D eigenvalue weighted by Crippen LogP contribution is -2.45. The van der Waals surface area contributed by atoms with Gasteiger partial charge in [0.2, 0.25) is 5.91 Å². The summed E-state index contributed by atoms with van der Waals surface area (Å²) < 4.78 is 26.7. The number of likely N-dealkylation sites (N-methyl/N-ethyl adjacent to an activating group) is 1. The molecule has 0 atom stereocenters.